The van der Waals surface area contributed by atoms with Gasteiger partial charge in [-0.05, 0) is 25.9 Å². The van der Waals surface area contributed by atoms with Crippen molar-refractivity contribution in [3.05, 3.63) is 0 Å². The molecule has 0 atom stereocenters. The number of carboxylic acid groups (broad SMARTS) is 1. The van der Waals surface area contributed by atoms with E-state index in [1.165, 1.54) is 25.9 Å². The third-order valence-electron chi connectivity index (χ3n) is 4.00. The number of aliphatic carboxylic acids is 1. The minimum absolute atomic E-state index is 0.0509. The first kappa shape index (κ1) is 14.4. The van der Waals surface area contributed by atoms with Crippen molar-refractivity contribution in [3.8, 4) is 0 Å². The van der Waals surface area contributed by atoms with Crippen LogP contribution in [0.25, 0.3) is 0 Å². The molecule has 2 aliphatic heterocycles. The van der Waals surface area contributed by atoms with Crippen LogP contribution in [0.1, 0.15) is 12.8 Å². The van der Waals surface area contributed by atoms with Crippen LogP contribution in [0.3, 0.4) is 0 Å². The number of piperazine rings is 1. The summed E-state index contributed by atoms with van der Waals surface area (Å²) < 4.78 is 0. The quantitative estimate of drug-likeness (QED) is 0.647. The second-order valence-corrected chi connectivity index (χ2v) is 5.39. The number of hydrogen-bond acceptors (Lipinski definition) is 5. The van der Waals surface area contributed by atoms with Crippen LogP contribution in [-0.2, 0) is 9.59 Å². The fraction of sp³-hybridized carbons (Fsp3) is 0.846. The third kappa shape index (κ3) is 4.56. The van der Waals surface area contributed by atoms with Gasteiger partial charge in [-0.1, -0.05) is 0 Å². The van der Waals surface area contributed by atoms with Crippen LogP contribution in [0, 0.1) is 0 Å². The largest absolute Gasteiger partial charge is 0.475 e. The monoisotopic (exact) mass is 269 g/mol. The fourth-order valence-electron chi connectivity index (χ4n) is 2.73. The summed E-state index contributed by atoms with van der Waals surface area (Å²) in [5, 5.41) is 8.58. The summed E-state index contributed by atoms with van der Waals surface area (Å²) in [5.74, 6) is -2.03. The summed E-state index contributed by atoms with van der Waals surface area (Å²) in [6.07, 6.45) is 2.65. The van der Waals surface area contributed by atoms with Gasteiger partial charge in [0, 0.05) is 39.3 Å². The van der Waals surface area contributed by atoms with E-state index in [0.29, 0.717) is 0 Å². The number of hydrogen-bond donors (Lipinski definition) is 1. The van der Waals surface area contributed by atoms with E-state index in [1.807, 2.05) is 4.90 Å². The number of nitrogens with zero attached hydrogens (tertiary/aromatic N) is 3. The molecule has 0 amide bonds. The Labute approximate surface area is 114 Å². The summed E-state index contributed by atoms with van der Waals surface area (Å²) in [6, 6.07) is 0. The average Bonchev–Trinajstić information content (AvgIpc) is 2.91. The van der Waals surface area contributed by atoms with Gasteiger partial charge in [-0.2, -0.15) is 0 Å². The highest BCUT2D eigenvalue weighted by atomic mass is 16.4. The van der Waals surface area contributed by atoms with Crippen LogP contribution >= 0.6 is 0 Å². The molecule has 0 bridgehead atoms. The summed E-state index contributed by atoms with van der Waals surface area (Å²) >= 11 is 0. The van der Waals surface area contributed by atoms with E-state index >= 15 is 0 Å². The molecule has 0 saturated carbocycles. The van der Waals surface area contributed by atoms with Gasteiger partial charge in [0.15, 0.2) is 0 Å². The van der Waals surface area contributed by atoms with Crippen molar-refractivity contribution in [2.75, 3.05) is 58.9 Å². The van der Waals surface area contributed by atoms with Gasteiger partial charge < -0.3 is 10.0 Å². The van der Waals surface area contributed by atoms with Gasteiger partial charge >= 0.3 is 5.97 Å². The lowest BCUT2D eigenvalue weighted by molar-refractivity contribution is -0.149. The van der Waals surface area contributed by atoms with Crippen molar-refractivity contribution in [3.63, 3.8) is 0 Å². The highest BCUT2D eigenvalue weighted by Crippen LogP contribution is 2.08. The van der Waals surface area contributed by atoms with Crippen molar-refractivity contribution in [2.45, 2.75) is 12.8 Å². The Morgan fingerprint density at radius 1 is 0.789 bits per heavy atom. The first-order valence-corrected chi connectivity index (χ1v) is 7.08. The molecule has 2 rings (SSSR count). The molecular weight excluding hydrogens is 246 g/mol. The van der Waals surface area contributed by atoms with Crippen molar-refractivity contribution in [1.82, 2.24) is 14.7 Å². The zero-order valence-corrected chi connectivity index (χ0v) is 11.4. The number of carbonyl (C=O) groups excluding carboxylic acids is 1. The molecule has 2 aliphatic rings. The predicted octanol–water partition coefficient (Wildman–Crippen LogP) is -0.646. The molecule has 19 heavy (non-hydrogen) atoms. The van der Waals surface area contributed by atoms with Crippen LogP contribution in [-0.4, -0.2) is 90.5 Å². The number of likely N-dealkylation sites (tertiary alicyclic amines) is 1. The van der Waals surface area contributed by atoms with Crippen LogP contribution < -0.4 is 0 Å². The zero-order chi connectivity index (χ0) is 13.7. The SMILES string of the molecule is O=C(O)C(=O)CN1CCN(CCN2CCCC2)CC1. The van der Waals surface area contributed by atoms with E-state index in [2.05, 4.69) is 9.80 Å². The smallest absolute Gasteiger partial charge is 0.373 e. The van der Waals surface area contributed by atoms with Gasteiger partial charge in [0.25, 0.3) is 5.78 Å². The summed E-state index contributed by atoms with van der Waals surface area (Å²) in [7, 11) is 0. The second kappa shape index (κ2) is 6.98. The van der Waals surface area contributed by atoms with Crippen LogP contribution in [0.5, 0.6) is 0 Å². The van der Waals surface area contributed by atoms with E-state index in [0.717, 1.165) is 39.3 Å². The normalized spacial score (nSPS) is 22.7. The minimum Gasteiger partial charge on any atom is -0.475 e. The molecular formula is C13H23N3O3. The Bertz CT molecular complexity index is 321. The second-order valence-electron chi connectivity index (χ2n) is 5.39. The summed E-state index contributed by atoms with van der Waals surface area (Å²) in [5.41, 5.74) is 0. The molecule has 0 spiro atoms. The molecule has 0 aromatic heterocycles. The Hall–Kier alpha value is -0.980. The Kier molecular flexibility index (Phi) is 5.30. The summed E-state index contributed by atoms with van der Waals surface area (Å²) in [6.45, 7) is 8.17. The maximum Gasteiger partial charge on any atom is 0.373 e. The minimum atomic E-state index is -1.32. The van der Waals surface area contributed by atoms with Crippen molar-refractivity contribution in [2.24, 2.45) is 0 Å². The molecule has 0 aliphatic carbocycles. The maximum absolute atomic E-state index is 11.1. The van der Waals surface area contributed by atoms with E-state index in [-0.39, 0.29) is 6.54 Å². The lowest BCUT2D eigenvalue weighted by Gasteiger charge is -2.34. The number of rotatable bonds is 6. The van der Waals surface area contributed by atoms with Gasteiger partial charge in [-0.3, -0.25) is 14.6 Å². The number of ketones is 1. The predicted molar refractivity (Wildman–Crippen MR) is 71.2 cm³/mol. The van der Waals surface area contributed by atoms with Crippen molar-refractivity contribution >= 4 is 11.8 Å². The molecule has 1 N–H and O–H groups in total. The molecule has 0 radical (unpaired) electrons. The van der Waals surface area contributed by atoms with E-state index in [1.54, 1.807) is 0 Å². The molecule has 6 nitrogen and oxygen atoms in total. The molecule has 2 fully saturated rings. The number of Topliss-reactive ketones (excluding diaryl/α,β-unsaturated/α-hetero) is 1. The standard InChI is InChI=1S/C13H23N3O3/c17-12(13(18)19)11-16-9-7-15(8-10-16)6-5-14-3-1-2-4-14/h1-11H2,(H,18,19). The topological polar surface area (TPSA) is 64.1 Å². The Morgan fingerprint density at radius 3 is 1.79 bits per heavy atom. The van der Waals surface area contributed by atoms with Crippen LogP contribution in [0.4, 0.5) is 0 Å². The molecule has 0 aromatic rings. The molecule has 0 unspecified atom stereocenters. The summed E-state index contributed by atoms with van der Waals surface area (Å²) in [4.78, 5) is 28.5. The van der Waals surface area contributed by atoms with Gasteiger partial charge in [0.05, 0.1) is 6.54 Å². The molecule has 108 valence electrons. The first-order valence-electron chi connectivity index (χ1n) is 7.08. The highest BCUT2D eigenvalue weighted by Gasteiger charge is 2.22. The average molecular weight is 269 g/mol. The molecule has 2 heterocycles. The maximum atomic E-state index is 11.1. The van der Waals surface area contributed by atoms with Crippen molar-refractivity contribution in [1.29, 1.82) is 0 Å². The van der Waals surface area contributed by atoms with Gasteiger partial charge in [-0.25, -0.2) is 4.79 Å². The van der Waals surface area contributed by atoms with E-state index < -0.39 is 11.8 Å². The lowest BCUT2D eigenvalue weighted by atomic mass is 10.2. The zero-order valence-electron chi connectivity index (χ0n) is 11.4. The molecule has 6 heteroatoms. The van der Waals surface area contributed by atoms with E-state index in [4.69, 9.17) is 5.11 Å². The number of carbonyl (C=O) groups is 2. The Balaban J connectivity index is 1.61. The van der Waals surface area contributed by atoms with Gasteiger partial charge in [-0.15, -0.1) is 0 Å². The Morgan fingerprint density at radius 2 is 1.26 bits per heavy atom. The third-order valence-corrected chi connectivity index (χ3v) is 4.00. The van der Waals surface area contributed by atoms with Gasteiger partial charge in [0.1, 0.15) is 0 Å². The van der Waals surface area contributed by atoms with Gasteiger partial charge in [0.2, 0.25) is 0 Å². The highest BCUT2D eigenvalue weighted by molar-refractivity contribution is 6.33. The first-order chi connectivity index (χ1) is 9.15. The lowest BCUT2D eigenvalue weighted by Crippen LogP contribution is -2.50. The van der Waals surface area contributed by atoms with Crippen LogP contribution in [0.2, 0.25) is 0 Å². The van der Waals surface area contributed by atoms with E-state index in [9.17, 15) is 9.59 Å². The van der Waals surface area contributed by atoms with Crippen molar-refractivity contribution < 1.29 is 14.7 Å². The molecule has 0 aromatic carbocycles. The van der Waals surface area contributed by atoms with Crippen LogP contribution in [0.15, 0.2) is 0 Å². The molecule has 2 saturated heterocycles. The number of carboxylic acids is 1. The fourth-order valence-corrected chi connectivity index (χ4v) is 2.73.